The molecule has 0 aliphatic heterocycles. The summed E-state index contributed by atoms with van der Waals surface area (Å²) in [5.74, 6) is 5.74. The van der Waals surface area contributed by atoms with E-state index < -0.39 is 0 Å². The van der Waals surface area contributed by atoms with Gasteiger partial charge in [0.2, 0.25) is 0 Å². The zero-order valence-corrected chi connectivity index (χ0v) is 76.7. The molecule has 0 fully saturated rings. The standard InChI is InChI=1S/2C44H33N3O.C35H25N5O/c1-27(2)44(3)37-21-13-12-19-32(37)34-24-25-35-33-23-22-30(26-38(33)48-40(35)39(34)44)42-45-41(29-16-8-5-9-17-29)46-43(47-42)36-20-11-10-18-31(36)28-14-6-4-7-15-28;1-3-44(4-2)37-18-12-11-17-33(37)35-25-26-36-34-24-23-32(27-38(34)48-40(36)39(35)44)28-19-21-31(22-20-28)43-46-41(29-13-7-5-8-14-29)45-42(47-43)30-15-9-6-10-16-30;1-3-35(2)26-11-5-4-10-22(26)24-16-17-25-23-15-14-21(20-29(23)41-31(25)30(24)35)32-38-33(27-12-6-8-18-36-27)40-34(39-32)28-13-7-9-19-37-28/h4-27H,1-3H3;5-27H,3-4H2,1-2H3;4-20H,3H2,1-2H3. The summed E-state index contributed by atoms with van der Waals surface area (Å²) in [4.78, 5) is 53.1. The summed E-state index contributed by atoms with van der Waals surface area (Å²) in [5.41, 5.74) is 33.2. The second-order valence-corrected chi connectivity index (χ2v) is 36.4. The van der Waals surface area contributed by atoms with Gasteiger partial charge >= 0.3 is 0 Å². The summed E-state index contributed by atoms with van der Waals surface area (Å²) in [6.45, 7) is 16.2. The molecule has 3 aliphatic rings. The highest BCUT2D eigenvalue weighted by Crippen LogP contribution is 2.59. The first kappa shape index (κ1) is 83.1. The van der Waals surface area contributed by atoms with Gasteiger partial charge in [-0.15, -0.1) is 0 Å². The Morgan fingerprint density at radius 1 is 0.234 bits per heavy atom. The lowest BCUT2D eigenvalue weighted by atomic mass is 9.71. The number of pyridine rings is 2. The predicted molar refractivity (Wildman–Crippen MR) is 552 cm³/mol. The molecule has 14 heteroatoms. The fourth-order valence-corrected chi connectivity index (χ4v) is 21.4. The van der Waals surface area contributed by atoms with Gasteiger partial charge in [-0.05, 0) is 176 Å². The van der Waals surface area contributed by atoms with Crippen molar-refractivity contribution < 1.29 is 13.3 Å². The lowest BCUT2D eigenvalue weighted by Gasteiger charge is -2.31. The van der Waals surface area contributed by atoms with Crippen molar-refractivity contribution in [3.63, 3.8) is 0 Å². The SMILES string of the molecule is CC(C)C1(C)c2ccccc2-c2ccc3c(oc4cc(-c5nc(-c6ccccc6)nc(-c6ccccc6-c6ccccc6)n5)ccc43)c21.CCC1(C)c2ccccc2-c2ccc3c(oc4cc(-c5nc(-c6ccccn6)nc(-c6ccccn6)n5)ccc43)c21.CCC1(CC)c2ccccc2-c2ccc3c(oc4cc(-c5ccc(-c6nc(-c7ccccc7)nc(-c7ccccc7)n6)cc5)ccc43)c21. The molecule has 0 N–H and O–H groups in total. The molecule has 2 unspecified atom stereocenters. The first-order chi connectivity index (χ1) is 67.3. The Labute approximate surface area is 792 Å². The van der Waals surface area contributed by atoms with Crippen molar-refractivity contribution in [1.82, 2.24) is 54.8 Å². The van der Waals surface area contributed by atoms with E-state index in [0.29, 0.717) is 69.7 Å². The van der Waals surface area contributed by atoms with Crippen molar-refractivity contribution in [2.45, 2.75) is 84.0 Å². The van der Waals surface area contributed by atoms with Crippen LogP contribution in [-0.2, 0) is 16.2 Å². The first-order valence-corrected chi connectivity index (χ1v) is 47.1. The highest BCUT2D eigenvalue weighted by atomic mass is 16.3. The number of nitrogens with zero attached hydrogens (tertiary/aromatic N) is 11. The van der Waals surface area contributed by atoms with Crippen LogP contribution in [0.5, 0.6) is 0 Å². The van der Waals surface area contributed by atoms with E-state index in [1.54, 1.807) is 12.4 Å². The van der Waals surface area contributed by atoms with Gasteiger partial charge in [-0.3, -0.25) is 9.97 Å². The van der Waals surface area contributed by atoms with E-state index in [1.165, 1.54) is 72.1 Å². The van der Waals surface area contributed by atoms with Gasteiger partial charge in [-0.1, -0.05) is 340 Å². The van der Waals surface area contributed by atoms with E-state index in [1.807, 2.05) is 146 Å². The fraction of sp³-hybridized carbons (Fsp3) is 0.114. The van der Waals surface area contributed by atoms with Crippen molar-refractivity contribution in [2.24, 2.45) is 5.92 Å². The quantitative estimate of drug-likeness (QED) is 0.0945. The molecule has 23 aromatic rings. The van der Waals surface area contributed by atoms with Gasteiger partial charge < -0.3 is 13.3 Å². The molecule has 656 valence electrons. The summed E-state index contributed by atoms with van der Waals surface area (Å²) >= 11 is 0. The lowest BCUT2D eigenvalue weighted by molar-refractivity contribution is 0.413. The molecule has 0 spiro atoms. The number of hydrogen-bond donors (Lipinski definition) is 0. The van der Waals surface area contributed by atoms with Crippen LogP contribution in [0.25, 0.3) is 224 Å². The maximum atomic E-state index is 6.87. The minimum atomic E-state index is -0.165. The maximum Gasteiger partial charge on any atom is 0.182 e. The lowest BCUT2D eigenvalue weighted by Crippen LogP contribution is -2.27. The van der Waals surface area contributed by atoms with Crippen LogP contribution < -0.4 is 0 Å². The van der Waals surface area contributed by atoms with Gasteiger partial charge in [-0.2, -0.15) is 0 Å². The Morgan fingerprint density at radius 3 is 1.01 bits per heavy atom. The Bertz CT molecular complexity index is 8540. The van der Waals surface area contributed by atoms with Gasteiger partial charge in [-0.25, -0.2) is 44.9 Å². The third-order valence-corrected chi connectivity index (χ3v) is 28.9. The number of fused-ring (bicyclic) bond motifs is 21. The van der Waals surface area contributed by atoms with Crippen LogP contribution in [-0.4, -0.2) is 54.8 Å². The fourth-order valence-electron chi connectivity index (χ4n) is 21.4. The number of hydrogen-bond acceptors (Lipinski definition) is 14. The molecule has 0 bridgehead atoms. The van der Waals surface area contributed by atoms with Crippen molar-refractivity contribution in [3.8, 4) is 158 Å². The molecule has 0 saturated heterocycles. The van der Waals surface area contributed by atoms with Crippen LogP contribution in [0, 0.1) is 5.92 Å². The van der Waals surface area contributed by atoms with E-state index in [4.69, 9.17) is 58.1 Å². The number of benzene rings is 15. The van der Waals surface area contributed by atoms with E-state index in [9.17, 15) is 0 Å². The molecule has 0 saturated carbocycles. The molecule has 26 rings (SSSR count). The summed E-state index contributed by atoms with van der Waals surface area (Å²) < 4.78 is 20.4. The Morgan fingerprint density at radius 2 is 0.555 bits per heavy atom. The molecular formula is C123H91N11O3. The average Bonchev–Trinajstić information content (AvgIpc) is 1.56. The molecular weight excluding hydrogens is 1680 g/mol. The van der Waals surface area contributed by atoms with Crippen molar-refractivity contribution in [3.05, 3.63) is 416 Å². The predicted octanol–water partition coefficient (Wildman–Crippen LogP) is 31.2. The summed E-state index contributed by atoms with van der Waals surface area (Å²) in [5, 5.41) is 6.75. The van der Waals surface area contributed by atoms with Crippen LogP contribution in [0.1, 0.15) is 101 Å². The maximum absolute atomic E-state index is 6.87. The van der Waals surface area contributed by atoms with Gasteiger partial charge in [0, 0.05) is 117 Å². The van der Waals surface area contributed by atoms with Crippen LogP contribution >= 0.6 is 0 Å². The molecule has 0 amide bonds. The minimum absolute atomic E-state index is 0.0479. The van der Waals surface area contributed by atoms with Crippen molar-refractivity contribution in [1.29, 1.82) is 0 Å². The minimum Gasteiger partial charge on any atom is -0.456 e. The van der Waals surface area contributed by atoms with Crippen molar-refractivity contribution in [2.75, 3.05) is 0 Å². The molecule has 8 aromatic heterocycles. The number of aromatic nitrogens is 11. The largest absolute Gasteiger partial charge is 0.456 e. The van der Waals surface area contributed by atoms with Gasteiger partial charge in [0.15, 0.2) is 52.4 Å². The van der Waals surface area contributed by atoms with E-state index in [-0.39, 0.29) is 16.2 Å². The Hall–Kier alpha value is -17.0. The van der Waals surface area contributed by atoms with Gasteiger partial charge in [0.25, 0.3) is 0 Å². The molecule has 3 aliphatic carbocycles. The van der Waals surface area contributed by atoms with Crippen LogP contribution in [0.3, 0.4) is 0 Å². The van der Waals surface area contributed by atoms with Gasteiger partial charge in [0.1, 0.15) is 44.9 Å². The van der Waals surface area contributed by atoms with Crippen LogP contribution in [0.2, 0.25) is 0 Å². The topological polar surface area (TPSA) is 181 Å². The van der Waals surface area contributed by atoms with Crippen LogP contribution in [0.4, 0.5) is 0 Å². The highest BCUT2D eigenvalue weighted by molar-refractivity contribution is 6.13. The van der Waals surface area contributed by atoms with E-state index >= 15 is 0 Å². The molecule has 2 atom stereocenters. The van der Waals surface area contributed by atoms with Crippen molar-refractivity contribution >= 4 is 65.8 Å². The zero-order valence-electron chi connectivity index (χ0n) is 76.7. The van der Waals surface area contributed by atoms with Crippen LogP contribution in [0.15, 0.2) is 396 Å². The zero-order chi connectivity index (χ0) is 92.2. The highest BCUT2D eigenvalue weighted by Gasteiger charge is 2.46. The summed E-state index contributed by atoms with van der Waals surface area (Å²) in [6, 6.07) is 128. The summed E-state index contributed by atoms with van der Waals surface area (Å²) in [7, 11) is 0. The normalized spacial score (nSPS) is 14.7. The van der Waals surface area contributed by atoms with E-state index in [0.717, 1.165) is 141 Å². The second-order valence-electron chi connectivity index (χ2n) is 36.4. The molecule has 8 heterocycles. The van der Waals surface area contributed by atoms with Gasteiger partial charge in [0.05, 0.1) is 0 Å². The second kappa shape index (κ2) is 33.6. The molecule has 14 nitrogen and oxygen atoms in total. The van der Waals surface area contributed by atoms with E-state index in [2.05, 4.69) is 283 Å². The molecule has 0 radical (unpaired) electrons. The third-order valence-electron chi connectivity index (χ3n) is 28.9. The number of furan rings is 3. The molecule has 15 aromatic carbocycles. The Kier molecular flexibility index (Phi) is 20.4. The monoisotopic (exact) mass is 1770 g/mol. The summed E-state index contributed by atoms with van der Waals surface area (Å²) in [6.07, 6.45) is 6.52. The average molecular weight is 1770 g/mol. The first-order valence-electron chi connectivity index (χ1n) is 47.1. The molecule has 137 heavy (non-hydrogen) atoms. The smallest absolute Gasteiger partial charge is 0.182 e. The number of rotatable bonds is 15. The Balaban J connectivity index is 0.000000113. The third kappa shape index (κ3) is 13.9.